The topological polar surface area (TPSA) is 65.5 Å². The first-order chi connectivity index (χ1) is 12.2. The quantitative estimate of drug-likeness (QED) is 0.848. The highest BCUT2D eigenvalue weighted by molar-refractivity contribution is 5.78. The van der Waals surface area contributed by atoms with E-state index in [4.69, 9.17) is 0 Å². The number of pyridine rings is 1. The summed E-state index contributed by atoms with van der Waals surface area (Å²) in [6, 6.07) is 10.9. The third-order valence-electron chi connectivity index (χ3n) is 4.65. The van der Waals surface area contributed by atoms with Crippen LogP contribution in [0.5, 0.6) is 5.75 Å². The molecule has 0 spiro atoms. The highest BCUT2D eigenvalue weighted by Crippen LogP contribution is 2.18. The van der Waals surface area contributed by atoms with Gasteiger partial charge in [-0.15, -0.1) is 0 Å². The Kier molecular flexibility index (Phi) is 6.01. The van der Waals surface area contributed by atoms with E-state index in [2.05, 4.69) is 27.3 Å². The Labute approximate surface area is 148 Å². The van der Waals surface area contributed by atoms with Gasteiger partial charge < -0.3 is 10.4 Å². The summed E-state index contributed by atoms with van der Waals surface area (Å²) >= 11 is 0. The van der Waals surface area contributed by atoms with Crippen molar-refractivity contribution in [3.8, 4) is 5.75 Å². The van der Waals surface area contributed by atoms with E-state index in [0.717, 1.165) is 38.2 Å². The van der Waals surface area contributed by atoms with Crippen LogP contribution < -0.4 is 5.32 Å². The number of rotatable bonds is 6. The molecule has 0 bridgehead atoms. The Morgan fingerprint density at radius 1 is 1.16 bits per heavy atom. The molecule has 1 aliphatic rings. The number of hydrogen-bond donors (Lipinski definition) is 2. The number of phenolic OH excluding ortho intramolecular Hbond substituents is 1. The van der Waals surface area contributed by atoms with Crippen molar-refractivity contribution in [3.05, 3.63) is 59.9 Å². The van der Waals surface area contributed by atoms with E-state index in [-0.39, 0.29) is 11.7 Å². The zero-order chi connectivity index (χ0) is 17.5. The molecule has 0 radical (unpaired) electrons. The van der Waals surface area contributed by atoms with Crippen LogP contribution >= 0.6 is 0 Å². The summed E-state index contributed by atoms with van der Waals surface area (Å²) in [5, 5.41) is 12.3. The Morgan fingerprint density at radius 2 is 1.92 bits per heavy atom. The van der Waals surface area contributed by atoms with Crippen LogP contribution in [0, 0.1) is 5.92 Å². The average molecular weight is 339 g/mol. The van der Waals surface area contributed by atoms with Crippen molar-refractivity contribution >= 4 is 5.91 Å². The summed E-state index contributed by atoms with van der Waals surface area (Å²) in [5.41, 5.74) is 2.20. The maximum Gasteiger partial charge on any atom is 0.224 e. The number of carbonyl (C=O) groups excluding carboxylic acids is 1. The first-order valence-electron chi connectivity index (χ1n) is 8.85. The number of phenols is 1. The third-order valence-corrected chi connectivity index (χ3v) is 4.65. The number of nitrogens with one attached hydrogen (secondary N) is 1. The summed E-state index contributed by atoms with van der Waals surface area (Å²) in [4.78, 5) is 18.6. The van der Waals surface area contributed by atoms with Gasteiger partial charge in [0.1, 0.15) is 5.75 Å². The number of nitrogens with zero attached hydrogens (tertiary/aromatic N) is 2. The molecule has 0 unspecified atom stereocenters. The number of carbonyl (C=O) groups is 1. The van der Waals surface area contributed by atoms with Crippen molar-refractivity contribution in [2.45, 2.75) is 25.8 Å². The van der Waals surface area contributed by atoms with Crippen LogP contribution in [0.3, 0.4) is 0 Å². The van der Waals surface area contributed by atoms with Crippen molar-refractivity contribution in [2.75, 3.05) is 19.6 Å². The van der Waals surface area contributed by atoms with Crippen LogP contribution in [-0.2, 0) is 17.8 Å². The van der Waals surface area contributed by atoms with Gasteiger partial charge in [-0.05, 0) is 60.7 Å². The van der Waals surface area contributed by atoms with Crippen molar-refractivity contribution in [2.24, 2.45) is 5.92 Å². The van der Waals surface area contributed by atoms with Crippen LogP contribution in [0.1, 0.15) is 24.0 Å². The molecule has 1 amide bonds. The fourth-order valence-electron chi connectivity index (χ4n) is 3.33. The van der Waals surface area contributed by atoms with Crippen LogP contribution in [0.15, 0.2) is 48.8 Å². The van der Waals surface area contributed by atoms with Gasteiger partial charge in [0.05, 0.1) is 6.42 Å². The van der Waals surface area contributed by atoms with Crippen LogP contribution in [-0.4, -0.2) is 40.5 Å². The lowest BCUT2D eigenvalue weighted by Gasteiger charge is -2.32. The van der Waals surface area contributed by atoms with Crippen molar-refractivity contribution < 1.29 is 9.90 Å². The predicted octanol–water partition coefficient (Wildman–Crippen LogP) is 2.36. The second-order valence-corrected chi connectivity index (χ2v) is 6.75. The fourth-order valence-corrected chi connectivity index (χ4v) is 3.33. The largest absolute Gasteiger partial charge is 0.508 e. The number of amides is 1. The molecule has 1 aromatic carbocycles. The summed E-state index contributed by atoms with van der Waals surface area (Å²) in [7, 11) is 0. The van der Waals surface area contributed by atoms with E-state index in [0.29, 0.717) is 12.3 Å². The van der Waals surface area contributed by atoms with E-state index in [1.807, 2.05) is 12.4 Å². The molecule has 1 atom stereocenters. The number of piperidine rings is 1. The number of likely N-dealkylation sites (tertiary alicyclic amines) is 1. The van der Waals surface area contributed by atoms with Crippen LogP contribution in [0.2, 0.25) is 0 Å². The minimum Gasteiger partial charge on any atom is -0.508 e. The first-order valence-corrected chi connectivity index (χ1v) is 8.85. The van der Waals surface area contributed by atoms with E-state index in [1.54, 1.807) is 24.3 Å². The zero-order valence-corrected chi connectivity index (χ0v) is 14.4. The van der Waals surface area contributed by atoms with Gasteiger partial charge >= 0.3 is 0 Å². The molecule has 132 valence electrons. The molecular weight excluding hydrogens is 314 g/mol. The highest BCUT2D eigenvalue weighted by Gasteiger charge is 2.20. The Hall–Kier alpha value is -2.40. The van der Waals surface area contributed by atoms with Crippen LogP contribution in [0.25, 0.3) is 0 Å². The maximum atomic E-state index is 12.1. The summed E-state index contributed by atoms with van der Waals surface area (Å²) in [5.74, 6) is 0.761. The Balaban J connectivity index is 1.43. The second kappa shape index (κ2) is 8.62. The van der Waals surface area contributed by atoms with Crippen LogP contribution in [0.4, 0.5) is 0 Å². The summed E-state index contributed by atoms with van der Waals surface area (Å²) in [6.07, 6.45) is 6.35. The fraction of sp³-hybridized carbons (Fsp3) is 0.400. The molecule has 2 aromatic rings. The number of aromatic nitrogens is 1. The third kappa shape index (κ3) is 5.57. The molecule has 5 nitrogen and oxygen atoms in total. The first kappa shape index (κ1) is 17.4. The van der Waals surface area contributed by atoms with Crippen molar-refractivity contribution in [3.63, 3.8) is 0 Å². The van der Waals surface area contributed by atoms with Crippen molar-refractivity contribution in [1.82, 2.24) is 15.2 Å². The molecule has 1 saturated heterocycles. The molecule has 1 aromatic heterocycles. The number of benzene rings is 1. The Morgan fingerprint density at radius 3 is 2.68 bits per heavy atom. The lowest BCUT2D eigenvalue weighted by molar-refractivity contribution is -0.120. The van der Waals surface area contributed by atoms with Crippen molar-refractivity contribution in [1.29, 1.82) is 0 Å². The maximum absolute atomic E-state index is 12.1. The average Bonchev–Trinajstić information content (AvgIpc) is 2.63. The lowest BCUT2D eigenvalue weighted by atomic mass is 9.97. The van der Waals surface area contributed by atoms with Gasteiger partial charge in [-0.3, -0.25) is 14.7 Å². The van der Waals surface area contributed by atoms with Gasteiger partial charge in [0, 0.05) is 32.0 Å². The smallest absolute Gasteiger partial charge is 0.224 e. The summed E-state index contributed by atoms with van der Waals surface area (Å²) in [6.45, 7) is 3.80. The Bertz CT molecular complexity index is 673. The van der Waals surface area contributed by atoms with Gasteiger partial charge in [-0.1, -0.05) is 12.1 Å². The SMILES string of the molecule is O=C(Cc1ccc(O)cc1)NC[C@H]1CCCN(Cc2ccncc2)C1. The molecule has 2 N–H and O–H groups in total. The lowest BCUT2D eigenvalue weighted by Crippen LogP contribution is -2.40. The van der Waals surface area contributed by atoms with Gasteiger partial charge in [0.2, 0.25) is 5.91 Å². The van der Waals surface area contributed by atoms with Gasteiger partial charge in [0.25, 0.3) is 0 Å². The van der Waals surface area contributed by atoms with E-state index < -0.39 is 0 Å². The molecule has 25 heavy (non-hydrogen) atoms. The van der Waals surface area contributed by atoms with Gasteiger partial charge in [-0.25, -0.2) is 0 Å². The van der Waals surface area contributed by atoms with E-state index in [9.17, 15) is 9.90 Å². The predicted molar refractivity (Wildman–Crippen MR) is 97.1 cm³/mol. The number of hydrogen-bond acceptors (Lipinski definition) is 4. The molecule has 2 heterocycles. The molecule has 1 fully saturated rings. The molecule has 1 aliphatic heterocycles. The molecule has 5 heteroatoms. The highest BCUT2D eigenvalue weighted by atomic mass is 16.3. The summed E-state index contributed by atoms with van der Waals surface area (Å²) < 4.78 is 0. The molecule has 0 saturated carbocycles. The molecular formula is C20H25N3O2. The zero-order valence-electron chi connectivity index (χ0n) is 14.4. The normalized spacial score (nSPS) is 18.0. The second-order valence-electron chi connectivity index (χ2n) is 6.75. The van der Waals surface area contributed by atoms with Gasteiger partial charge in [-0.2, -0.15) is 0 Å². The van der Waals surface area contributed by atoms with E-state index in [1.165, 1.54) is 12.0 Å². The standard InChI is InChI=1S/C20H25N3O2/c24-19-5-3-16(4-6-19)12-20(25)22-13-18-2-1-11-23(15-18)14-17-7-9-21-10-8-17/h3-10,18,24H,1-2,11-15H2,(H,22,25)/t18-/m1/s1. The minimum absolute atomic E-state index is 0.0388. The van der Waals surface area contributed by atoms with Gasteiger partial charge in [0.15, 0.2) is 0 Å². The monoisotopic (exact) mass is 339 g/mol. The van der Waals surface area contributed by atoms with E-state index >= 15 is 0 Å². The molecule has 0 aliphatic carbocycles. The molecule has 3 rings (SSSR count). The minimum atomic E-state index is 0.0388. The number of aromatic hydroxyl groups is 1.